The molecule has 0 saturated carbocycles. The van der Waals surface area contributed by atoms with Gasteiger partial charge in [-0.3, -0.25) is 9.20 Å². The number of benzene rings is 1. The van der Waals surface area contributed by atoms with Gasteiger partial charge in [-0.05, 0) is 61.1 Å². The lowest BCUT2D eigenvalue weighted by Crippen LogP contribution is -2.45. The number of hydrogen-bond donors (Lipinski definition) is 0. The van der Waals surface area contributed by atoms with E-state index < -0.39 is 0 Å². The van der Waals surface area contributed by atoms with Gasteiger partial charge < -0.3 is 14.4 Å². The lowest BCUT2D eigenvalue weighted by molar-refractivity contribution is -0.113. The van der Waals surface area contributed by atoms with Gasteiger partial charge in [-0.2, -0.15) is 0 Å². The van der Waals surface area contributed by atoms with E-state index in [2.05, 4.69) is 14.8 Å². The number of amides is 2. The number of halogens is 1. The van der Waals surface area contributed by atoms with Crippen molar-refractivity contribution >= 4 is 39.5 Å². The lowest BCUT2D eigenvalue weighted by Gasteiger charge is -2.32. The molecule has 3 aromatic heterocycles. The van der Waals surface area contributed by atoms with E-state index in [0.29, 0.717) is 49.5 Å². The van der Waals surface area contributed by atoms with Crippen LogP contribution < -0.4 is 0 Å². The number of rotatable bonds is 2. The Morgan fingerprint density at radius 2 is 1.81 bits per heavy atom. The second-order valence-corrected chi connectivity index (χ2v) is 10.2. The summed E-state index contributed by atoms with van der Waals surface area (Å²) in [4.78, 5) is 30.2. The minimum absolute atomic E-state index is 0.0241. The maximum atomic E-state index is 15.0. The molecule has 1 aromatic carbocycles. The predicted molar refractivity (Wildman–Crippen MR) is 137 cm³/mol. The summed E-state index contributed by atoms with van der Waals surface area (Å²) in [6.45, 7) is 3.10. The van der Waals surface area contributed by atoms with Crippen molar-refractivity contribution in [1.82, 2.24) is 29.0 Å². The van der Waals surface area contributed by atoms with Crippen molar-refractivity contribution in [2.24, 2.45) is 0 Å². The maximum Gasteiger partial charge on any atom is 0.320 e. The van der Waals surface area contributed by atoms with E-state index >= 15 is 4.39 Å². The molecule has 2 aliphatic heterocycles. The fourth-order valence-electron chi connectivity index (χ4n) is 6.19. The average molecular weight is 499 g/mol. The molecule has 0 radical (unpaired) electrons. The number of carbonyl (C=O) groups excluding carboxylic acids is 2. The van der Waals surface area contributed by atoms with Gasteiger partial charge in [0.15, 0.2) is 17.3 Å². The van der Waals surface area contributed by atoms with Crippen LogP contribution in [0.3, 0.4) is 0 Å². The fourth-order valence-corrected chi connectivity index (χ4v) is 6.19. The number of ketones is 1. The number of carbonyl (C=O) groups is 2. The van der Waals surface area contributed by atoms with Crippen LogP contribution in [0.25, 0.3) is 27.7 Å². The highest BCUT2D eigenvalue weighted by Crippen LogP contribution is 2.42. The summed E-state index contributed by atoms with van der Waals surface area (Å²) in [6, 6.07) is 8.76. The molecule has 0 unspecified atom stereocenters. The number of pyridine rings is 1. The monoisotopic (exact) mass is 498 g/mol. The molecule has 2 amide bonds. The van der Waals surface area contributed by atoms with Crippen LogP contribution in [0.4, 0.5) is 9.18 Å². The molecular weight excluding hydrogens is 471 g/mol. The molecule has 8 nitrogen and oxygen atoms in total. The number of Topliss-reactive ketones (excluding diaryl/α,β-unsaturated/α-hetero) is 1. The van der Waals surface area contributed by atoms with Crippen molar-refractivity contribution in [1.29, 1.82) is 0 Å². The summed E-state index contributed by atoms with van der Waals surface area (Å²) in [5, 5.41) is 9.37. The Morgan fingerprint density at radius 3 is 2.68 bits per heavy atom. The molecule has 0 N–H and O–H groups in total. The topological polar surface area (TPSA) is 75.7 Å². The van der Waals surface area contributed by atoms with Crippen LogP contribution in [-0.2, 0) is 17.9 Å². The molecule has 7 rings (SSSR count). The summed E-state index contributed by atoms with van der Waals surface area (Å²) in [5.41, 5.74) is 4.70. The van der Waals surface area contributed by atoms with Gasteiger partial charge in [0.2, 0.25) is 0 Å². The van der Waals surface area contributed by atoms with Gasteiger partial charge in [-0.15, -0.1) is 10.2 Å². The summed E-state index contributed by atoms with van der Waals surface area (Å²) in [6.07, 6.45) is 8.07. The highest BCUT2D eigenvalue weighted by molar-refractivity contribution is 6.31. The van der Waals surface area contributed by atoms with Crippen molar-refractivity contribution < 1.29 is 14.0 Å². The molecule has 0 atom stereocenters. The molecule has 9 heteroatoms. The van der Waals surface area contributed by atoms with E-state index in [1.807, 2.05) is 44.8 Å². The third-order valence-electron chi connectivity index (χ3n) is 7.93. The third-order valence-corrected chi connectivity index (χ3v) is 7.93. The smallest absolute Gasteiger partial charge is 0.320 e. The Bertz CT molecular complexity index is 1610. The number of allylic oxidation sites excluding steroid dienone is 2. The van der Waals surface area contributed by atoms with Gasteiger partial charge in [-0.1, -0.05) is 6.07 Å². The van der Waals surface area contributed by atoms with Gasteiger partial charge in [0.25, 0.3) is 0 Å². The second kappa shape index (κ2) is 8.54. The zero-order valence-corrected chi connectivity index (χ0v) is 20.5. The van der Waals surface area contributed by atoms with E-state index in [1.165, 1.54) is 0 Å². The Labute approximate surface area is 213 Å². The Hall–Kier alpha value is -4.01. The van der Waals surface area contributed by atoms with E-state index in [1.54, 1.807) is 12.1 Å². The first-order valence-corrected chi connectivity index (χ1v) is 13.0. The molecule has 5 heterocycles. The molecule has 1 fully saturated rings. The van der Waals surface area contributed by atoms with Gasteiger partial charge in [0.05, 0.1) is 11.1 Å². The summed E-state index contributed by atoms with van der Waals surface area (Å²) in [7, 11) is 0. The maximum absolute atomic E-state index is 15.0. The van der Waals surface area contributed by atoms with Crippen LogP contribution in [0.1, 0.15) is 49.1 Å². The van der Waals surface area contributed by atoms with Crippen LogP contribution >= 0.6 is 0 Å². The van der Waals surface area contributed by atoms with Crippen molar-refractivity contribution in [2.45, 2.75) is 45.2 Å². The summed E-state index contributed by atoms with van der Waals surface area (Å²) >= 11 is 0. The van der Waals surface area contributed by atoms with E-state index in [-0.39, 0.29) is 17.6 Å². The van der Waals surface area contributed by atoms with Crippen LogP contribution in [0.5, 0.6) is 0 Å². The molecule has 1 saturated heterocycles. The molecule has 0 bridgehead atoms. The zero-order chi connectivity index (χ0) is 25.1. The van der Waals surface area contributed by atoms with Gasteiger partial charge in [-0.25, -0.2) is 9.18 Å². The normalized spacial score (nSPS) is 18.4. The quantitative estimate of drug-likeness (QED) is 0.407. The Morgan fingerprint density at radius 1 is 0.946 bits per heavy atom. The molecule has 37 heavy (non-hydrogen) atoms. The number of urea groups is 1. The minimum atomic E-state index is -0.340. The lowest BCUT2D eigenvalue weighted by atomic mass is 9.99. The van der Waals surface area contributed by atoms with Crippen LogP contribution in [0, 0.1) is 5.82 Å². The largest absolute Gasteiger partial charge is 0.345 e. The zero-order valence-electron chi connectivity index (χ0n) is 20.5. The number of hydrogen-bond acceptors (Lipinski definition) is 4. The van der Waals surface area contributed by atoms with Crippen molar-refractivity contribution in [3.63, 3.8) is 0 Å². The highest BCUT2D eigenvalue weighted by Gasteiger charge is 2.32. The molecule has 4 aromatic rings. The van der Waals surface area contributed by atoms with Crippen molar-refractivity contribution in [3.8, 4) is 0 Å². The fraction of sp³-hybridized carbons (Fsp3) is 0.357. The van der Waals surface area contributed by atoms with Crippen LogP contribution in [0.2, 0.25) is 0 Å². The SMILES string of the molecule is O=C1CCC(c2cn3c4c(cc(F)cc24)CN(C(=O)N2CCCCC2)CC3)=C1c1nnc2ccccn12. The minimum Gasteiger partial charge on any atom is -0.345 e. The van der Waals surface area contributed by atoms with Gasteiger partial charge >= 0.3 is 6.03 Å². The van der Waals surface area contributed by atoms with E-state index in [9.17, 15) is 9.59 Å². The first-order chi connectivity index (χ1) is 18.1. The second-order valence-electron chi connectivity index (χ2n) is 10.2. The van der Waals surface area contributed by atoms with E-state index in [4.69, 9.17) is 0 Å². The summed E-state index contributed by atoms with van der Waals surface area (Å²) in [5.74, 6) is 0.209. The number of fused-ring (bicyclic) bond motifs is 1. The Balaban J connectivity index is 1.34. The molecule has 188 valence electrons. The molecule has 1 aliphatic carbocycles. The predicted octanol–water partition coefficient (Wildman–Crippen LogP) is 4.52. The highest BCUT2D eigenvalue weighted by atomic mass is 19.1. The number of likely N-dealkylation sites (tertiary alicyclic amines) is 1. The van der Waals surface area contributed by atoms with Gasteiger partial charge in [0.1, 0.15) is 5.82 Å². The first kappa shape index (κ1) is 22.2. The van der Waals surface area contributed by atoms with Gasteiger partial charge in [0, 0.05) is 62.5 Å². The number of aromatic nitrogens is 4. The van der Waals surface area contributed by atoms with Crippen LogP contribution in [-0.4, -0.2) is 60.4 Å². The number of nitrogens with zero attached hydrogens (tertiary/aromatic N) is 6. The van der Waals surface area contributed by atoms with Crippen LogP contribution in [0.15, 0.2) is 42.7 Å². The Kier molecular flexibility index (Phi) is 5.12. The standard InChI is InChI=1S/C28H27FN6O2/c29-19-14-18-16-34(28(37)32-9-3-1-4-10-32)13-12-33-17-22(21(15-19)26(18)33)20-7-8-23(36)25(20)27-31-30-24-6-2-5-11-35(24)27/h2,5-6,11,14-15,17H,1,3-4,7-10,12-13,16H2. The molecule has 3 aliphatic rings. The van der Waals surface area contributed by atoms with Crippen molar-refractivity contribution in [2.75, 3.05) is 19.6 Å². The van der Waals surface area contributed by atoms with E-state index in [0.717, 1.165) is 60.0 Å². The average Bonchev–Trinajstić information content (AvgIpc) is 3.57. The summed E-state index contributed by atoms with van der Waals surface area (Å²) < 4.78 is 19.0. The number of piperidine rings is 1. The first-order valence-electron chi connectivity index (χ1n) is 13.0. The molecule has 0 spiro atoms. The third kappa shape index (κ3) is 3.55. The van der Waals surface area contributed by atoms with Crippen molar-refractivity contribution in [3.05, 3.63) is 65.5 Å². The molecular formula is C28H27FN6O2.